The Labute approximate surface area is 253 Å². The van der Waals surface area contributed by atoms with Crippen LogP contribution < -0.4 is 20.9 Å². The van der Waals surface area contributed by atoms with Crippen molar-refractivity contribution >= 4 is 40.6 Å². The summed E-state index contributed by atoms with van der Waals surface area (Å²) in [6.07, 6.45) is 3.21. The Balaban J connectivity index is 1.26. The van der Waals surface area contributed by atoms with Gasteiger partial charge in [-0.1, -0.05) is 48.0 Å². The van der Waals surface area contributed by atoms with Crippen LogP contribution in [0.4, 0.5) is 21.9 Å². The number of benzene rings is 3. The molecule has 0 bridgehead atoms. The van der Waals surface area contributed by atoms with Crippen molar-refractivity contribution in [2.45, 2.75) is 26.2 Å². The van der Waals surface area contributed by atoms with E-state index in [0.717, 1.165) is 76.5 Å². The molecule has 3 aromatic carbocycles. The van der Waals surface area contributed by atoms with E-state index >= 15 is 0 Å². The van der Waals surface area contributed by atoms with E-state index in [0.29, 0.717) is 34.4 Å². The molecular weight excluding hydrogens is 550 g/mol. The fourth-order valence-corrected chi connectivity index (χ4v) is 5.79. The summed E-state index contributed by atoms with van der Waals surface area (Å²) in [5.41, 5.74) is 4.92. The number of nitrogens with zero attached hydrogens (tertiary/aromatic N) is 2. The molecule has 5 rings (SSSR count). The van der Waals surface area contributed by atoms with Crippen LogP contribution in [0.5, 0.6) is 0 Å². The van der Waals surface area contributed by atoms with Gasteiger partial charge < -0.3 is 25.6 Å². The fourth-order valence-electron chi connectivity index (χ4n) is 5.61. The first-order chi connectivity index (χ1) is 20.4. The molecule has 42 heavy (non-hydrogen) atoms. The van der Waals surface area contributed by atoms with E-state index in [1.807, 2.05) is 25.1 Å². The molecule has 0 atom stereocenters. The zero-order chi connectivity index (χ0) is 29.3. The minimum Gasteiger partial charge on any atom is -0.379 e. The van der Waals surface area contributed by atoms with Crippen LogP contribution in [-0.2, 0) is 11.2 Å². The van der Waals surface area contributed by atoms with Gasteiger partial charge in [0.2, 0.25) is 0 Å². The highest BCUT2D eigenvalue weighted by Crippen LogP contribution is 2.30. The van der Waals surface area contributed by atoms with E-state index < -0.39 is 6.03 Å². The number of morpholine rings is 1. The Morgan fingerprint density at radius 3 is 2.31 bits per heavy atom. The maximum Gasteiger partial charge on any atom is 0.323 e. The quantitative estimate of drug-likeness (QED) is 0.293. The maximum atomic E-state index is 13.5. The molecule has 2 saturated heterocycles. The summed E-state index contributed by atoms with van der Waals surface area (Å²) in [6.45, 7) is 8.19. The molecule has 2 heterocycles. The number of carbonyl (C=O) groups is 2. The van der Waals surface area contributed by atoms with Gasteiger partial charge in [0.1, 0.15) is 0 Å². The first-order valence-electron chi connectivity index (χ1n) is 14.8. The standard InChI is InChI=1S/C33H40ClN5O3/c1-24-7-8-28(23-30(24)34)37-33(41)36-27-9-10-31(29(22-27)32(40)35-13-16-38-17-19-42-20-18-38)39-14-11-26(12-15-39)21-25-5-3-2-4-6-25/h2-10,22-23,26H,11-21H2,1H3,(H,35,40)(H2,36,37,41). The van der Waals surface area contributed by atoms with Gasteiger partial charge in [-0.2, -0.15) is 0 Å². The third-order valence-electron chi connectivity index (χ3n) is 8.07. The summed E-state index contributed by atoms with van der Waals surface area (Å²) < 4.78 is 5.43. The largest absolute Gasteiger partial charge is 0.379 e. The molecule has 3 N–H and O–H groups in total. The van der Waals surface area contributed by atoms with Gasteiger partial charge in [0.15, 0.2) is 0 Å². The topological polar surface area (TPSA) is 85.9 Å². The molecular formula is C33H40ClN5O3. The third kappa shape index (κ3) is 8.25. The highest BCUT2D eigenvalue weighted by atomic mass is 35.5. The number of ether oxygens (including phenoxy) is 1. The molecule has 8 nitrogen and oxygen atoms in total. The van der Waals surface area contributed by atoms with Crippen LogP contribution in [-0.4, -0.2) is 69.3 Å². The SMILES string of the molecule is Cc1ccc(NC(=O)Nc2ccc(N3CCC(Cc4ccccc4)CC3)c(C(=O)NCCN3CCOCC3)c2)cc1Cl. The number of nitrogens with one attached hydrogen (secondary N) is 3. The number of carbonyl (C=O) groups excluding carboxylic acids is 2. The molecule has 222 valence electrons. The van der Waals surface area contributed by atoms with Crippen molar-refractivity contribution in [1.82, 2.24) is 10.2 Å². The number of amides is 3. The molecule has 9 heteroatoms. The number of hydrogen-bond acceptors (Lipinski definition) is 5. The lowest BCUT2D eigenvalue weighted by Gasteiger charge is -2.35. The van der Waals surface area contributed by atoms with Crippen LogP contribution in [0.1, 0.15) is 34.3 Å². The van der Waals surface area contributed by atoms with Crippen molar-refractivity contribution in [3.8, 4) is 0 Å². The molecule has 2 aliphatic heterocycles. The van der Waals surface area contributed by atoms with E-state index in [1.165, 1.54) is 5.56 Å². The van der Waals surface area contributed by atoms with Gasteiger partial charge in [-0.25, -0.2) is 4.79 Å². The Kier molecular flexibility index (Phi) is 10.3. The summed E-state index contributed by atoms with van der Waals surface area (Å²) in [4.78, 5) is 30.9. The van der Waals surface area contributed by atoms with Crippen LogP contribution in [0.3, 0.4) is 0 Å². The molecule has 3 amide bonds. The molecule has 0 unspecified atom stereocenters. The Hall–Kier alpha value is -3.59. The minimum atomic E-state index is -0.400. The first kappa shape index (κ1) is 29.9. The number of rotatable bonds is 9. The summed E-state index contributed by atoms with van der Waals surface area (Å²) in [5, 5.41) is 9.39. The second kappa shape index (κ2) is 14.5. The van der Waals surface area contributed by atoms with Crippen molar-refractivity contribution in [2.24, 2.45) is 5.92 Å². The second-order valence-corrected chi connectivity index (χ2v) is 11.5. The average molecular weight is 590 g/mol. The van der Waals surface area contributed by atoms with Crippen LogP contribution in [0.15, 0.2) is 66.7 Å². The first-order valence-corrected chi connectivity index (χ1v) is 15.2. The second-order valence-electron chi connectivity index (χ2n) is 11.1. The summed E-state index contributed by atoms with van der Waals surface area (Å²) in [6, 6.07) is 21.2. The Morgan fingerprint density at radius 2 is 1.60 bits per heavy atom. The lowest BCUT2D eigenvalue weighted by Crippen LogP contribution is -2.41. The molecule has 3 aromatic rings. The van der Waals surface area contributed by atoms with E-state index in [1.54, 1.807) is 18.2 Å². The predicted molar refractivity (Wildman–Crippen MR) is 170 cm³/mol. The average Bonchev–Trinajstić information content (AvgIpc) is 3.00. The van der Waals surface area contributed by atoms with Crippen molar-refractivity contribution in [3.63, 3.8) is 0 Å². The van der Waals surface area contributed by atoms with Gasteiger partial charge >= 0.3 is 6.03 Å². The third-order valence-corrected chi connectivity index (χ3v) is 8.48. The highest BCUT2D eigenvalue weighted by Gasteiger charge is 2.24. The number of anilines is 3. The monoisotopic (exact) mass is 589 g/mol. The zero-order valence-electron chi connectivity index (χ0n) is 24.2. The number of hydrogen-bond donors (Lipinski definition) is 3. The molecule has 2 aliphatic rings. The summed E-state index contributed by atoms with van der Waals surface area (Å²) >= 11 is 6.21. The van der Waals surface area contributed by atoms with Crippen LogP contribution >= 0.6 is 11.6 Å². The van der Waals surface area contributed by atoms with Crippen LogP contribution in [0.2, 0.25) is 5.02 Å². The summed E-state index contributed by atoms with van der Waals surface area (Å²) in [5.74, 6) is 0.480. The molecule has 0 spiro atoms. The van der Waals surface area contributed by atoms with Crippen molar-refractivity contribution in [1.29, 1.82) is 0 Å². The van der Waals surface area contributed by atoms with E-state index in [4.69, 9.17) is 16.3 Å². The van der Waals surface area contributed by atoms with Gasteiger partial charge in [-0.05, 0) is 73.6 Å². The lowest BCUT2D eigenvalue weighted by molar-refractivity contribution is 0.0383. The van der Waals surface area contributed by atoms with Crippen LogP contribution in [0, 0.1) is 12.8 Å². The predicted octanol–water partition coefficient (Wildman–Crippen LogP) is 5.81. The maximum absolute atomic E-state index is 13.5. The Morgan fingerprint density at radius 1 is 0.905 bits per heavy atom. The minimum absolute atomic E-state index is 0.140. The van der Waals surface area contributed by atoms with E-state index in [9.17, 15) is 9.59 Å². The normalized spacial score (nSPS) is 16.2. The van der Waals surface area contributed by atoms with Gasteiger partial charge in [0.25, 0.3) is 5.91 Å². The van der Waals surface area contributed by atoms with Gasteiger partial charge in [0, 0.05) is 61.4 Å². The zero-order valence-corrected chi connectivity index (χ0v) is 25.0. The number of urea groups is 1. The molecule has 0 aromatic heterocycles. The molecule has 0 aliphatic carbocycles. The van der Waals surface area contributed by atoms with Gasteiger partial charge in [0.05, 0.1) is 18.8 Å². The van der Waals surface area contributed by atoms with Gasteiger partial charge in [-0.15, -0.1) is 0 Å². The highest BCUT2D eigenvalue weighted by molar-refractivity contribution is 6.31. The number of halogens is 1. The van der Waals surface area contributed by atoms with Crippen LogP contribution in [0.25, 0.3) is 0 Å². The van der Waals surface area contributed by atoms with Crippen molar-refractivity contribution in [2.75, 3.05) is 68.0 Å². The van der Waals surface area contributed by atoms with Crippen molar-refractivity contribution < 1.29 is 14.3 Å². The van der Waals surface area contributed by atoms with E-state index in [-0.39, 0.29) is 5.91 Å². The number of piperidine rings is 1. The molecule has 2 fully saturated rings. The molecule has 0 radical (unpaired) electrons. The van der Waals surface area contributed by atoms with E-state index in [2.05, 4.69) is 56.1 Å². The summed E-state index contributed by atoms with van der Waals surface area (Å²) in [7, 11) is 0. The smallest absolute Gasteiger partial charge is 0.323 e. The number of aryl methyl sites for hydroxylation is 1. The molecule has 0 saturated carbocycles. The fraction of sp³-hybridized carbons (Fsp3) is 0.394. The van der Waals surface area contributed by atoms with Crippen molar-refractivity contribution in [3.05, 3.63) is 88.4 Å². The Bertz CT molecular complexity index is 1360. The lowest BCUT2D eigenvalue weighted by atomic mass is 9.89. The van der Waals surface area contributed by atoms with Gasteiger partial charge in [-0.3, -0.25) is 9.69 Å².